The third-order valence-corrected chi connectivity index (χ3v) is 4.06. The van der Waals surface area contributed by atoms with Gasteiger partial charge in [0, 0.05) is 31.8 Å². The van der Waals surface area contributed by atoms with Crippen molar-refractivity contribution in [3.63, 3.8) is 0 Å². The number of carbonyl (C=O) groups is 1. The van der Waals surface area contributed by atoms with Gasteiger partial charge in [-0.15, -0.1) is 11.3 Å². The van der Waals surface area contributed by atoms with Crippen molar-refractivity contribution in [2.45, 2.75) is 32.0 Å². The molecule has 1 aliphatic rings. The van der Waals surface area contributed by atoms with Crippen molar-refractivity contribution in [1.82, 2.24) is 15.2 Å². The van der Waals surface area contributed by atoms with Crippen molar-refractivity contribution in [3.8, 4) is 0 Å². The molecule has 2 heterocycles. The van der Waals surface area contributed by atoms with Crippen LogP contribution in [0, 0.1) is 6.92 Å². The van der Waals surface area contributed by atoms with Gasteiger partial charge in [-0.3, -0.25) is 4.79 Å². The summed E-state index contributed by atoms with van der Waals surface area (Å²) in [6.45, 7) is 3.35. The maximum absolute atomic E-state index is 12.2. The van der Waals surface area contributed by atoms with Crippen molar-refractivity contribution >= 4 is 17.2 Å². The summed E-state index contributed by atoms with van der Waals surface area (Å²) < 4.78 is 5.25. The van der Waals surface area contributed by atoms with Crippen LogP contribution in [0.15, 0.2) is 6.20 Å². The Hall–Kier alpha value is -0.980. The van der Waals surface area contributed by atoms with Crippen LogP contribution in [0.25, 0.3) is 0 Å². The van der Waals surface area contributed by atoms with Gasteiger partial charge in [-0.1, -0.05) is 0 Å². The zero-order chi connectivity index (χ0) is 13.1. The molecule has 100 valence electrons. The second kappa shape index (κ2) is 5.77. The Morgan fingerprint density at radius 1 is 1.72 bits per heavy atom. The van der Waals surface area contributed by atoms with Crippen LogP contribution < -0.4 is 5.32 Å². The zero-order valence-electron chi connectivity index (χ0n) is 11.0. The van der Waals surface area contributed by atoms with Crippen LogP contribution in [0.2, 0.25) is 0 Å². The molecular formula is C12H19N3O2S. The molecule has 0 bridgehead atoms. The van der Waals surface area contributed by atoms with E-state index in [9.17, 15) is 4.79 Å². The van der Waals surface area contributed by atoms with Crippen molar-refractivity contribution in [1.29, 1.82) is 0 Å². The fourth-order valence-corrected chi connectivity index (χ4v) is 2.98. The molecule has 0 radical (unpaired) electrons. The molecule has 6 heteroatoms. The van der Waals surface area contributed by atoms with Gasteiger partial charge in [0.15, 0.2) is 0 Å². The van der Waals surface area contributed by atoms with Crippen LogP contribution in [-0.4, -0.2) is 48.6 Å². The lowest BCUT2D eigenvalue weighted by molar-refractivity contribution is -0.132. The van der Waals surface area contributed by atoms with Gasteiger partial charge in [0.25, 0.3) is 0 Å². The molecule has 1 aromatic heterocycles. The SMILES string of the molecule is COC1CNC(C(=O)N(C)Cc2cnc(C)s2)C1. The molecule has 18 heavy (non-hydrogen) atoms. The van der Waals surface area contributed by atoms with Gasteiger partial charge >= 0.3 is 0 Å². The standard InChI is InChI=1S/C12H19N3O2S/c1-8-13-6-10(18-8)7-15(2)12(16)11-4-9(17-3)5-14-11/h6,9,11,14H,4-5,7H2,1-3H3. The fourth-order valence-electron chi connectivity index (χ4n) is 2.13. The smallest absolute Gasteiger partial charge is 0.239 e. The van der Waals surface area contributed by atoms with Gasteiger partial charge in [-0.25, -0.2) is 4.98 Å². The van der Waals surface area contributed by atoms with E-state index in [4.69, 9.17) is 4.74 Å². The van der Waals surface area contributed by atoms with Crippen LogP contribution in [0.5, 0.6) is 0 Å². The van der Waals surface area contributed by atoms with Crippen molar-refractivity contribution in [2.75, 3.05) is 20.7 Å². The second-order valence-corrected chi connectivity index (χ2v) is 5.91. The average molecular weight is 269 g/mol. The molecule has 1 amide bonds. The molecule has 2 atom stereocenters. The Morgan fingerprint density at radius 2 is 2.50 bits per heavy atom. The summed E-state index contributed by atoms with van der Waals surface area (Å²) in [5, 5.41) is 4.23. The minimum atomic E-state index is -0.117. The van der Waals surface area contributed by atoms with Crippen molar-refractivity contribution in [2.24, 2.45) is 0 Å². The first-order valence-electron chi connectivity index (χ1n) is 6.02. The van der Waals surface area contributed by atoms with E-state index in [-0.39, 0.29) is 18.1 Å². The minimum Gasteiger partial charge on any atom is -0.380 e. The second-order valence-electron chi connectivity index (χ2n) is 4.59. The first-order chi connectivity index (χ1) is 8.60. The molecule has 5 nitrogen and oxygen atoms in total. The van der Waals surface area contributed by atoms with Gasteiger partial charge < -0.3 is 15.0 Å². The lowest BCUT2D eigenvalue weighted by atomic mass is 10.2. The monoisotopic (exact) mass is 269 g/mol. The molecule has 0 saturated carbocycles. The predicted octanol–water partition coefficient (Wildman–Crippen LogP) is 0.787. The summed E-state index contributed by atoms with van der Waals surface area (Å²) >= 11 is 1.63. The Morgan fingerprint density at radius 3 is 3.06 bits per heavy atom. The molecule has 2 rings (SSSR count). The number of likely N-dealkylation sites (N-methyl/N-ethyl adjacent to an activating group) is 1. The number of thiazole rings is 1. The maximum atomic E-state index is 12.2. The Kier molecular flexibility index (Phi) is 4.31. The number of aryl methyl sites for hydroxylation is 1. The van der Waals surface area contributed by atoms with Gasteiger partial charge in [-0.05, 0) is 13.3 Å². The third kappa shape index (κ3) is 3.07. The Balaban J connectivity index is 1.89. The van der Waals surface area contributed by atoms with E-state index in [0.29, 0.717) is 6.54 Å². The molecule has 1 N–H and O–H groups in total. The molecule has 0 aliphatic carbocycles. The minimum absolute atomic E-state index is 0.117. The van der Waals surface area contributed by atoms with Crippen molar-refractivity contribution < 1.29 is 9.53 Å². The highest BCUT2D eigenvalue weighted by atomic mass is 32.1. The number of amides is 1. The average Bonchev–Trinajstić information content (AvgIpc) is 2.97. The highest BCUT2D eigenvalue weighted by molar-refractivity contribution is 7.11. The van der Waals surface area contributed by atoms with Crippen LogP contribution in [0.1, 0.15) is 16.3 Å². The number of methoxy groups -OCH3 is 1. The van der Waals surface area contributed by atoms with E-state index in [2.05, 4.69) is 10.3 Å². The van der Waals surface area contributed by atoms with Gasteiger partial charge in [0.1, 0.15) is 0 Å². The highest BCUT2D eigenvalue weighted by Crippen LogP contribution is 2.16. The van der Waals surface area contributed by atoms with Gasteiger partial charge in [-0.2, -0.15) is 0 Å². The van der Waals surface area contributed by atoms with Crippen LogP contribution in [0.4, 0.5) is 0 Å². The number of rotatable bonds is 4. The number of nitrogens with one attached hydrogen (secondary N) is 1. The summed E-state index contributed by atoms with van der Waals surface area (Å²) in [5.74, 6) is 0.126. The summed E-state index contributed by atoms with van der Waals surface area (Å²) in [6, 6.07) is -0.117. The number of aromatic nitrogens is 1. The normalized spacial score (nSPS) is 23.3. The summed E-state index contributed by atoms with van der Waals surface area (Å²) in [4.78, 5) is 19.3. The molecule has 2 unspecified atom stereocenters. The quantitative estimate of drug-likeness (QED) is 0.878. The van der Waals surface area contributed by atoms with E-state index in [1.165, 1.54) is 0 Å². The number of hydrogen-bond donors (Lipinski definition) is 1. The first-order valence-corrected chi connectivity index (χ1v) is 6.84. The van der Waals surface area contributed by atoms with E-state index >= 15 is 0 Å². The topological polar surface area (TPSA) is 54.5 Å². The Bertz CT molecular complexity index is 421. The van der Waals surface area contributed by atoms with E-state index in [1.54, 1.807) is 23.3 Å². The number of nitrogens with zero attached hydrogens (tertiary/aromatic N) is 2. The predicted molar refractivity (Wildman–Crippen MR) is 70.5 cm³/mol. The number of hydrogen-bond acceptors (Lipinski definition) is 5. The summed E-state index contributed by atoms with van der Waals surface area (Å²) in [6.07, 6.45) is 2.74. The summed E-state index contributed by atoms with van der Waals surface area (Å²) in [7, 11) is 3.52. The third-order valence-electron chi connectivity index (χ3n) is 3.16. The van der Waals surface area contributed by atoms with Crippen molar-refractivity contribution in [3.05, 3.63) is 16.1 Å². The number of ether oxygens (including phenoxy) is 1. The molecule has 1 aromatic rings. The molecule has 1 saturated heterocycles. The highest BCUT2D eigenvalue weighted by Gasteiger charge is 2.31. The van der Waals surface area contributed by atoms with Crippen LogP contribution >= 0.6 is 11.3 Å². The van der Waals surface area contributed by atoms with E-state index in [1.807, 2.05) is 20.2 Å². The van der Waals surface area contributed by atoms with Gasteiger partial charge in [0.2, 0.25) is 5.91 Å². The lowest BCUT2D eigenvalue weighted by Gasteiger charge is -2.20. The fraction of sp³-hybridized carbons (Fsp3) is 0.667. The van der Waals surface area contributed by atoms with Crippen LogP contribution in [0.3, 0.4) is 0 Å². The first kappa shape index (κ1) is 13.5. The van der Waals surface area contributed by atoms with Crippen LogP contribution in [-0.2, 0) is 16.1 Å². The largest absolute Gasteiger partial charge is 0.380 e. The lowest BCUT2D eigenvalue weighted by Crippen LogP contribution is -2.41. The molecule has 0 spiro atoms. The van der Waals surface area contributed by atoms with E-state index in [0.717, 1.165) is 22.9 Å². The maximum Gasteiger partial charge on any atom is 0.239 e. The number of carbonyl (C=O) groups excluding carboxylic acids is 1. The van der Waals surface area contributed by atoms with E-state index < -0.39 is 0 Å². The molecular weight excluding hydrogens is 250 g/mol. The van der Waals surface area contributed by atoms with Gasteiger partial charge in [0.05, 0.1) is 23.7 Å². The Labute approximate surface area is 111 Å². The molecule has 1 fully saturated rings. The zero-order valence-corrected chi connectivity index (χ0v) is 11.8. The molecule has 0 aromatic carbocycles. The summed E-state index contributed by atoms with van der Waals surface area (Å²) in [5.41, 5.74) is 0. The molecule has 1 aliphatic heterocycles.